The summed E-state index contributed by atoms with van der Waals surface area (Å²) in [6.45, 7) is 5.28. The van der Waals surface area contributed by atoms with Crippen LogP contribution in [0.4, 0.5) is 13.2 Å². The van der Waals surface area contributed by atoms with E-state index in [9.17, 15) is 18.0 Å². The van der Waals surface area contributed by atoms with Crippen molar-refractivity contribution < 1.29 is 18.0 Å². The van der Waals surface area contributed by atoms with Crippen molar-refractivity contribution in [1.29, 1.82) is 0 Å². The zero-order valence-corrected chi connectivity index (χ0v) is 16.1. The topological polar surface area (TPSA) is 50.2 Å². The van der Waals surface area contributed by atoms with Crippen molar-refractivity contribution in [2.45, 2.75) is 39.0 Å². The Kier molecular flexibility index (Phi) is 6.07. The van der Waals surface area contributed by atoms with Gasteiger partial charge in [-0.3, -0.25) is 14.4 Å². The van der Waals surface area contributed by atoms with Gasteiger partial charge in [0.05, 0.1) is 5.56 Å². The van der Waals surface area contributed by atoms with Crippen LogP contribution in [0.2, 0.25) is 0 Å². The largest absolute Gasteiger partial charge is 0.435 e. The Balaban J connectivity index is 1.68. The molecule has 1 N–H and O–H groups in total. The number of likely N-dealkylation sites (tertiary alicyclic amines) is 1. The van der Waals surface area contributed by atoms with E-state index in [1.807, 2.05) is 24.3 Å². The molecule has 1 aromatic heterocycles. The average Bonchev–Trinajstić information content (AvgIpc) is 3.05. The molecule has 0 unspecified atom stereocenters. The number of rotatable bonds is 5. The van der Waals surface area contributed by atoms with Crippen LogP contribution in [-0.4, -0.2) is 33.7 Å². The third-order valence-electron chi connectivity index (χ3n) is 5.17. The molecule has 0 spiro atoms. The first-order valence-corrected chi connectivity index (χ1v) is 9.42. The van der Waals surface area contributed by atoms with Gasteiger partial charge < -0.3 is 5.32 Å². The summed E-state index contributed by atoms with van der Waals surface area (Å²) in [5, 5.41) is 6.00. The van der Waals surface area contributed by atoms with Crippen molar-refractivity contribution in [2.24, 2.45) is 13.0 Å². The zero-order chi connectivity index (χ0) is 20.3. The van der Waals surface area contributed by atoms with Crippen LogP contribution in [0.15, 0.2) is 30.5 Å². The molecule has 8 heteroatoms. The molecule has 0 radical (unpaired) electrons. The van der Waals surface area contributed by atoms with Gasteiger partial charge in [-0.25, -0.2) is 0 Å². The predicted octanol–water partition coefficient (Wildman–Crippen LogP) is 3.60. The number of nitrogens with zero attached hydrogens (tertiary/aromatic N) is 3. The number of hydrogen-bond donors (Lipinski definition) is 1. The monoisotopic (exact) mass is 394 g/mol. The van der Waals surface area contributed by atoms with Crippen LogP contribution in [0.1, 0.15) is 46.9 Å². The highest BCUT2D eigenvalue weighted by molar-refractivity contribution is 5.95. The van der Waals surface area contributed by atoms with Crippen molar-refractivity contribution in [3.05, 3.63) is 52.8 Å². The molecule has 1 fully saturated rings. The summed E-state index contributed by atoms with van der Waals surface area (Å²) in [4.78, 5) is 14.7. The Morgan fingerprint density at radius 2 is 1.86 bits per heavy atom. The second-order valence-electron chi connectivity index (χ2n) is 7.47. The van der Waals surface area contributed by atoms with E-state index in [4.69, 9.17) is 0 Å². The Bertz CT molecular complexity index is 823. The number of carbonyl (C=O) groups is 1. The number of nitrogens with one attached hydrogen (secondary N) is 1. The minimum atomic E-state index is -4.67. The van der Waals surface area contributed by atoms with Crippen LogP contribution < -0.4 is 5.32 Å². The molecular formula is C20H25F3N4O. The maximum atomic E-state index is 13.1. The molecule has 1 aliphatic heterocycles. The lowest BCUT2D eigenvalue weighted by Gasteiger charge is -2.30. The van der Waals surface area contributed by atoms with E-state index in [1.54, 1.807) is 0 Å². The van der Waals surface area contributed by atoms with Crippen LogP contribution in [0.25, 0.3) is 0 Å². The highest BCUT2D eigenvalue weighted by Crippen LogP contribution is 2.30. The minimum absolute atomic E-state index is 0.172. The zero-order valence-electron chi connectivity index (χ0n) is 16.1. The molecule has 1 aromatic carbocycles. The van der Waals surface area contributed by atoms with E-state index in [1.165, 1.54) is 19.9 Å². The van der Waals surface area contributed by atoms with Crippen LogP contribution in [0, 0.1) is 5.92 Å². The van der Waals surface area contributed by atoms with Crippen molar-refractivity contribution in [3.63, 3.8) is 0 Å². The molecule has 152 valence electrons. The van der Waals surface area contributed by atoms with Gasteiger partial charge in [0.1, 0.15) is 0 Å². The number of carbonyl (C=O) groups excluding carboxylic acids is 1. The smallest absolute Gasteiger partial charge is 0.348 e. The Morgan fingerprint density at radius 1 is 1.21 bits per heavy atom. The second-order valence-corrected chi connectivity index (χ2v) is 7.47. The van der Waals surface area contributed by atoms with Crippen molar-refractivity contribution in [2.75, 3.05) is 13.1 Å². The van der Waals surface area contributed by atoms with Gasteiger partial charge in [-0.05, 0) is 43.0 Å². The summed E-state index contributed by atoms with van der Waals surface area (Å²) in [6, 6.07) is 7.71. The van der Waals surface area contributed by atoms with Gasteiger partial charge in [0.2, 0.25) is 0 Å². The number of aryl methyl sites for hydroxylation is 1. The van der Waals surface area contributed by atoms with Crippen molar-refractivity contribution >= 4 is 5.91 Å². The quantitative estimate of drug-likeness (QED) is 0.843. The van der Waals surface area contributed by atoms with E-state index in [0.717, 1.165) is 47.6 Å². The second kappa shape index (κ2) is 8.34. The normalized spacial score (nSPS) is 16.3. The van der Waals surface area contributed by atoms with Gasteiger partial charge in [0, 0.05) is 26.3 Å². The third kappa shape index (κ3) is 4.92. The molecule has 1 saturated heterocycles. The highest BCUT2D eigenvalue weighted by Gasteiger charge is 2.38. The third-order valence-corrected chi connectivity index (χ3v) is 5.17. The highest BCUT2D eigenvalue weighted by atomic mass is 19.4. The summed E-state index contributed by atoms with van der Waals surface area (Å²) in [7, 11) is 1.36. The maximum absolute atomic E-state index is 13.1. The van der Waals surface area contributed by atoms with Crippen LogP contribution in [0.5, 0.6) is 0 Å². The van der Waals surface area contributed by atoms with E-state index >= 15 is 0 Å². The minimum Gasteiger partial charge on any atom is -0.348 e. The van der Waals surface area contributed by atoms with Crippen LogP contribution in [-0.2, 0) is 26.3 Å². The first-order valence-electron chi connectivity index (χ1n) is 9.42. The molecular weight excluding hydrogens is 369 g/mol. The number of halogens is 3. The van der Waals surface area contributed by atoms with Crippen molar-refractivity contribution in [1.82, 2.24) is 20.0 Å². The van der Waals surface area contributed by atoms with E-state index in [0.29, 0.717) is 0 Å². The van der Waals surface area contributed by atoms with Crippen molar-refractivity contribution in [3.8, 4) is 0 Å². The van der Waals surface area contributed by atoms with E-state index in [2.05, 4.69) is 22.2 Å². The number of aromatic nitrogens is 2. The fourth-order valence-electron chi connectivity index (χ4n) is 3.48. The van der Waals surface area contributed by atoms with Gasteiger partial charge >= 0.3 is 6.18 Å². The standard InChI is InChI=1S/C20H25F3N4O/c1-14-7-9-27(10-8-14)12-16-6-4-3-5-15(16)11-24-19(28)17-13-26(2)25-18(17)20(21,22)23/h3-6,13-14H,7-12H2,1-2H3,(H,24,28). The molecule has 2 heterocycles. The molecule has 1 amide bonds. The molecule has 0 saturated carbocycles. The molecule has 2 aromatic rings. The first kappa shape index (κ1) is 20.4. The van der Waals surface area contributed by atoms with Gasteiger partial charge in [-0.15, -0.1) is 0 Å². The summed E-state index contributed by atoms with van der Waals surface area (Å²) in [5.74, 6) is -0.0323. The molecule has 1 aliphatic rings. The Morgan fingerprint density at radius 3 is 2.50 bits per heavy atom. The predicted molar refractivity (Wildman–Crippen MR) is 99.5 cm³/mol. The molecule has 0 bridgehead atoms. The summed E-state index contributed by atoms with van der Waals surface area (Å²) in [6.07, 6.45) is -1.24. The SMILES string of the molecule is CC1CCN(Cc2ccccc2CNC(=O)c2cn(C)nc2C(F)(F)F)CC1. The molecule has 0 atom stereocenters. The number of hydrogen-bond acceptors (Lipinski definition) is 3. The van der Waals surface area contributed by atoms with Gasteiger partial charge in [-0.1, -0.05) is 31.2 Å². The average molecular weight is 394 g/mol. The Hall–Kier alpha value is -2.35. The first-order chi connectivity index (χ1) is 13.2. The summed E-state index contributed by atoms with van der Waals surface area (Å²) < 4.78 is 40.2. The lowest BCUT2D eigenvalue weighted by Crippen LogP contribution is -2.33. The maximum Gasteiger partial charge on any atom is 0.435 e. The summed E-state index contributed by atoms with van der Waals surface area (Å²) >= 11 is 0. The van der Waals surface area contributed by atoms with E-state index < -0.39 is 23.3 Å². The number of piperidine rings is 1. The fraction of sp³-hybridized carbons (Fsp3) is 0.500. The van der Waals surface area contributed by atoms with Gasteiger partial charge in [-0.2, -0.15) is 18.3 Å². The Labute approximate surface area is 162 Å². The lowest BCUT2D eigenvalue weighted by molar-refractivity contribution is -0.141. The van der Waals surface area contributed by atoms with Crippen LogP contribution >= 0.6 is 0 Å². The number of benzene rings is 1. The lowest BCUT2D eigenvalue weighted by atomic mass is 9.98. The van der Waals surface area contributed by atoms with Gasteiger partial charge in [0.15, 0.2) is 5.69 Å². The summed E-state index contributed by atoms with van der Waals surface area (Å²) in [5.41, 5.74) is 0.368. The fourth-order valence-corrected chi connectivity index (χ4v) is 3.48. The molecule has 0 aliphatic carbocycles. The number of alkyl halides is 3. The van der Waals surface area contributed by atoms with Crippen LogP contribution in [0.3, 0.4) is 0 Å². The number of amides is 1. The molecule has 28 heavy (non-hydrogen) atoms. The molecule has 5 nitrogen and oxygen atoms in total. The van der Waals surface area contributed by atoms with Gasteiger partial charge in [0.25, 0.3) is 5.91 Å². The van der Waals surface area contributed by atoms with E-state index in [-0.39, 0.29) is 6.54 Å². The molecule has 3 rings (SSSR count).